The monoisotopic (exact) mass is 385 g/mol. The molecule has 0 saturated heterocycles. The largest absolute Gasteiger partial charge is 0.481 e. The summed E-state index contributed by atoms with van der Waals surface area (Å²) in [4.78, 5) is 16.2. The normalized spacial score (nSPS) is 11.8. The Morgan fingerprint density at radius 1 is 1.17 bits per heavy atom. The first-order chi connectivity index (χ1) is 11.6. The second-order valence-electron chi connectivity index (χ2n) is 5.22. The number of nitrogens with one attached hydrogen (secondary N) is 1. The van der Waals surface area contributed by atoms with Gasteiger partial charge in [0.1, 0.15) is 5.75 Å². The van der Waals surface area contributed by atoms with Gasteiger partial charge in [0.05, 0.1) is 6.33 Å². The summed E-state index contributed by atoms with van der Waals surface area (Å²) in [6, 6.07) is 14.9. The van der Waals surface area contributed by atoms with E-state index in [1.54, 1.807) is 19.4 Å². The SMILES string of the molecule is CC(Oc1ccc(Br)cc1)C(=O)Nc1ccc(-n2ccnc2)cc1. The first-order valence-corrected chi connectivity index (χ1v) is 8.22. The van der Waals surface area contributed by atoms with E-state index in [-0.39, 0.29) is 5.91 Å². The predicted octanol–water partition coefficient (Wildman–Crippen LogP) is 4.04. The molecule has 3 aromatic rings. The van der Waals surface area contributed by atoms with E-state index in [1.165, 1.54) is 0 Å². The van der Waals surface area contributed by atoms with Crippen molar-refractivity contribution in [1.82, 2.24) is 9.55 Å². The molecule has 1 heterocycles. The summed E-state index contributed by atoms with van der Waals surface area (Å²) in [6.45, 7) is 1.72. The van der Waals surface area contributed by atoms with Crippen LogP contribution in [-0.2, 0) is 4.79 Å². The molecule has 6 heteroatoms. The number of halogens is 1. The fourth-order valence-corrected chi connectivity index (χ4v) is 2.41. The van der Waals surface area contributed by atoms with E-state index in [2.05, 4.69) is 26.2 Å². The average molecular weight is 386 g/mol. The molecule has 0 spiro atoms. The van der Waals surface area contributed by atoms with E-state index in [0.717, 1.165) is 15.8 Å². The van der Waals surface area contributed by atoms with Gasteiger partial charge in [-0.2, -0.15) is 0 Å². The van der Waals surface area contributed by atoms with Gasteiger partial charge in [-0.3, -0.25) is 4.79 Å². The van der Waals surface area contributed by atoms with Crippen LogP contribution < -0.4 is 10.1 Å². The molecule has 0 bridgehead atoms. The quantitative estimate of drug-likeness (QED) is 0.720. The standard InChI is InChI=1S/C18H16BrN3O2/c1-13(24-17-8-2-14(19)3-9-17)18(23)21-15-4-6-16(7-5-15)22-11-10-20-12-22/h2-13H,1H3,(H,21,23). The topological polar surface area (TPSA) is 56.1 Å². The van der Waals surface area contributed by atoms with Crippen LogP contribution in [0.1, 0.15) is 6.92 Å². The zero-order valence-electron chi connectivity index (χ0n) is 13.0. The predicted molar refractivity (Wildman–Crippen MR) is 96.4 cm³/mol. The number of aromatic nitrogens is 2. The lowest BCUT2D eigenvalue weighted by Gasteiger charge is -2.15. The Morgan fingerprint density at radius 3 is 2.50 bits per heavy atom. The fourth-order valence-electron chi connectivity index (χ4n) is 2.14. The minimum Gasteiger partial charge on any atom is -0.481 e. The van der Waals surface area contributed by atoms with Crippen molar-refractivity contribution < 1.29 is 9.53 Å². The summed E-state index contributed by atoms with van der Waals surface area (Å²) in [5.41, 5.74) is 1.69. The highest BCUT2D eigenvalue weighted by atomic mass is 79.9. The van der Waals surface area contributed by atoms with Crippen molar-refractivity contribution in [2.75, 3.05) is 5.32 Å². The van der Waals surface area contributed by atoms with Crippen LogP contribution in [0.15, 0.2) is 71.7 Å². The molecule has 1 atom stereocenters. The number of amides is 1. The van der Waals surface area contributed by atoms with Crippen LogP contribution >= 0.6 is 15.9 Å². The highest BCUT2D eigenvalue weighted by Crippen LogP contribution is 2.18. The third kappa shape index (κ3) is 4.02. The number of imidazole rings is 1. The molecule has 0 aliphatic heterocycles. The van der Waals surface area contributed by atoms with Crippen LogP contribution in [0.3, 0.4) is 0 Å². The maximum absolute atomic E-state index is 12.2. The lowest BCUT2D eigenvalue weighted by atomic mass is 10.2. The summed E-state index contributed by atoms with van der Waals surface area (Å²) in [7, 11) is 0. The van der Waals surface area contributed by atoms with Gasteiger partial charge in [-0.05, 0) is 55.5 Å². The Balaban J connectivity index is 1.60. The number of ether oxygens (including phenoxy) is 1. The minimum atomic E-state index is -0.598. The Bertz CT molecular complexity index is 799. The van der Waals surface area contributed by atoms with Crippen LogP contribution in [-0.4, -0.2) is 21.6 Å². The van der Waals surface area contributed by atoms with Crippen LogP contribution in [0, 0.1) is 0 Å². The average Bonchev–Trinajstić information content (AvgIpc) is 3.12. The van der Waals surface area contributed by atoms with Crippen molar-refractivity contribution in [2.24, 2.45) is 0 Å². The molecule has 1 unspecified atom stereocenters. The number of hydrogen-bond acceptors (Lipinski definition) is 3. The highest BCUT2D eigenvalue weighted by Gasteiger charge is 2.14. The van der Waals surface area contributed by atoms with Gasteiger partial charge < -0.3 is 14.6 Å². The van der Waals surface area contributed by atoms with E-state index in [9.17, 15) is 4.79 Å². The van der Waals surface area contributed by atoms with Gasteiger partial charge in [0.25, 0.3) is 5.91 Å². The molecule has 0 aliphatic rings. The van der Waals surface area contributed by atoms with Crippen molar-refractivity contribution in [3.8, 4) is 11.4 Å². The molecule has 0 saturated carbocycles. The number of anilines is 1. The summed E-state index contributed by atoms with van der Waals surface area (Å²) < 4.78 is 8.50. The molecule has 2 aromatic carbocycles. The number of benzene rings is 2. The molecular weight excluding hydrogens is 370 g/mol. The maximum Gasteiger partial charge on any atom is 0.265 e. The van der Waals surface area contributed by atoms with E-state index in [0.29, 0.717) is 5.75 Å². The summed E-state index contributed by atoms with van der Waals surface area (Å²) >= 11 is 3.36. The zero-order valence-corrected chi connectivity index (χ0v) is 14.6. The molecule has 1 aromatic heterocycles. The second kappa shape index (κ2) is 7.31. The Hall–Kier alpha value is -2.60. The van der Waals surface area contributed by atoms with Gasteiger partial charge in [-0.25, -0.2) is 4.98 Å². The van der Waals surface area contributed by atoms with Gasteiger partial charge in [-0.15, -0.1) is 0 Å². The van der Waals surface area contributed by atoms with Gasteiger partial charge in [-0.1, -0.05) is 15.9 Å². The molecule has 24 heavy (non-hydrogen) atoms. The number of nitrogens with zero attached hydrogens (tertiary/aromatic N) is 2. The summed E-state index contributed by atoms with van der Waals surface area (Å²) in [5, 5.41) is 2.85. The first kappa shape index (κ1) is 16.3. The van der Waals surface area contributed by atoms with Gasteiger partial charge in [0.2, 0.25) is 0 Å². The lowest BCUT2D eigenvalue weighted by molar-refractivity contribution is -0.122. The molecular formula is C18H16BrN3O2. The van der Waals surface area contributed by atoms with Crippen molar-refractivity contribution in [3.05, 3.63) is 71.7 Å². The minimum absolute atomic E-state index is 0.201. The molecule has 3 rings (SSSR count). The number of rotatable bonds is 5. The summed E-state index contributed by atoms with van der Waals surface area (Å²) in [6.07, 6.45) is 4.71. The van der Waals surface area contributed by atoms with E-state index < -0.39 is 6.10 Å². The van der Waals surface area contributed by atoms with Crippen LogP contribution in [0.25, 0.3) is 5.69 Å². The van der Waals surface area contributed by atoms with Crippen molar-refractivity contribution >= 4 is 27.5 Å². The van der Waals surface area contributed by atoms with Crippen LogP contribution in [0.5, 0.6) is 5.75 Å². The molecule has 0 fully saturated rings. The fraction of sp³-hybridized carbons (Fsp3) is 0.111. The highest BCUT2D eigenvalue weighted by molar-refractivity contribution is 9.10. The van der Waals surface area contributed by atoms with E-state index in [1.807, 2.05) is 59.3 Å². The molecule has 0 radical (unpaired) electrons. The number of carbonyl (C=O) groups excluding carboxylic acids is 1. The van der Waals surface area contributed by atoms with Crippen LogP contribution in [0.2, 0.25) is 0 Å². The second-order valence-corrected chi connectivity index (χ2v) is 6.14. The van der Waals surface area contributed by atoms with E-state index in [4.69, 9.17) is 4.74 Å². The number of hydrogen-bond donors (Lipinski definition) is 1. The first-order valence-electron chi connectivity index (χ1n) is 7.43. The van der Waals surface area contributed by atoms with Gasteiger partial charge in [0.15, 0.2) is 6.10 Å². The molecule has 1 N–H and O–H groups in total. The third-order valence-electron chi connectivity index (χ3n) is 3.43. The lowest BCUT2D eigenvalue weighted by Crippen LogP contribution is -2.30. The zero-order chi connectivity index (χ0) is 16.9. The molecule has 122 valence electrons. The Kier molecular flexibility index (Phi) is 4.96. The molecule has 1 amide bonds. The maximum atomic E-state index is 12.2. The third-order valence-corrected chi connectivity index (χ3v) is 3.96. The summed E-state index contributed by atoms with van der Waals surface area (Å²) in [5.74, 6) is 0.449. The number of carbonyl (C=O) groups is 1. The molecule has 0 aliphatic carbocycles. The van der Waals surface area contributed by atoms with Gasteiger partial charge >= 0.3 is 0 Å². The molecule has 5 nitrogen and oxygen atoms in total. The van der Waals surface area contributed by atoms with Gasteiger partial charge in [0, 0.05) is 28.2 Å². The smallest absolute Gasteiger partial charge is 0.265 e. The Labute approximate surface area is 148 Å². The van der Waals surface area contributed by atoms with Crippen molar-refractivity contribution in [2.45, 2.75) is 13.0 Å². The van der Waals surface area contributed by atoms with Crippen molar-refractivity contribution in [1.29, 1.82) is 0 Å². The van der Waals surface area contributed by atoms with E-state index >= 15 is 0 Å². The van der Waals surface area contributed by atoms with Crippen LogP contribution in [0.4, 0.5) is 5.69 Å². The van der Waals surface area contributed by atoms with Crippen molar-refractivity contribution in [3.63, 3.8) is 0 Å². The Morgan fingerprint density at radius 2 is 1.88 bits per heavy atom.